The Morgan fingerprint density at radius 2 is 2.12 bits per heavy atom. The van der Waals surface area contributed by atoms with E-state index >= 15 is 0 Å². The van der Waals surface area contributed by atoms with Gasteiger partial charge in [0.25, 0.3) is 0 Å². The average molecular weight is 225 g/mol. The summed E-state index contributed by atoms with van der Waals surface area (Å²) in [7, 11) is 1.76. The maximum atomic E-state index is 9.90. The molecule has 2 N–H and O–H groups in total. The molecule has 7 nitrogen and oxygen atoms in total. The van der Waals surface area contributed by atoms with E-state index in [2.05, 4.69) is 15.1 Å². The molecular formula is C9H15N5O2. The fraction of sp³-hybridized carbons (Fsp3) is 0.667. The molecule has 88 valence electrons. The number of aromatic nitrogens is 2. The monoisotopic (exact) mass is 225 g/mol. The molecule has 0 aliphatic carbocycles. The number of rotatable bonds is 4. The van der Waals surface area contributed by atoms with E-state index in [0.29, 0.717) is 11.3 Å². The fourth-order valence-corrected chi connectivity index (χ4v) is 1.63. The van der Waals surface area contributed by atoms with Crippen LogP contribution in [0, 0.1) is 13.8 Å². The van der Waals surface area contributed by atoms with E-state index in [1.54, 1.807) is 25.6 Å². The summed E-state index contributed by atoms with van der Waals surface area (Å²) in [5.41, 5.74) is 10.2. The van der Waals surface area contributed by atoms with E-state index in [1.807, 2.05) is 0 Å². The summed E-state index contributed by atoms with van der Waals surface area (Å²) >= 11 is 0. The van der Waals surface area contributed by atoms with Crippen LogP contribution in [-0.2, 0) is 7.05 Å². The Hall–Kier alpha value is -1.56. The second kappa shape index (κ2) is 4.98. The third-order valence-electron chi connectivity index (χ3n) is 2.56. The smallest absolute Gasteiger partial charge is 0.109 e. The predicted octanol–water partition coefficient (Wildman–Crippen LogP) is 0.742. The molecule has 0 fully saturated rings. The summed E-state index contributed by atoms with van der Waals surface area (Å²) in [6.45, 7) is 3.40. The van der Waals surface area contributed by atoms with Gasteiger partial charge in [0.1, 0.15) is 6.10 Å². The summed E-state index contributed by atoms with van der Waals surface area (Å²) in [4.78, 5) is 2.53. The second-order valence-corrected chi connectivity index (χ2v) is 3.63. The number of aliphatic hydroxyl groups excluding tert-OH is 2. The molecule has 0 saturated carbocycles. The summed E-state index contributed by atoms with van der Waals surface area (Å²) in [6.07, 6.45) is -2.20. The van der Waals surface area contributed by atoms with Gasteiger partial charge in [0.15, 0.2) is 0 Å². The Morgan fingerprint density at radius 1 is 1.50 bits per heavy atom. The zero-order valence-corrected chi connectivity index (χ0v) is 9.49. The second-order valence-electron chi connectivity index (χ2n) is 3.63. The van der Waals surface area contributed by atoms with Gasteiger partial charge in [0.2, 0.25) is 0 Å². The predicted molar refractivity (Wildman–Crippen MR) is 57.7 cm³/mol. The molecule has 2 unspecified atom stereocenters. The molecule has 0 spiro atoms. The number of nitrogens with zero attached hydrogens (tertiary/aromatic N) is 5. The average Bonchev–Trinajstić information content (AvgIpc) is 2.49. The van der Waals surface area contributed by atoms with E-state index < -0.39 is 12.2 Å². The molecule has 7 heteroatoms. The number of azide groups is 1. The molecule has 0 aromatic carbocycles. The van der Waals surface area contributed by atoms with Crippen LogP contribution in [0.2, 0.25) is 0 Å². The Morgan fingerprint density at radius 3 is 2.56 bits per heavy atom. The van der Waals surface area contributed by atoms with Crippen molar-refractivity contribution in [3.63, 3.8) is 0 Å². The van der Waals surface area contributed by atoms with E-state index in [1.165, 1.54) is 0 Å². The SMILES string of the molecule is Cc1nn(C)c(C)c1C(O)C(O)CN=[N+]=[N-]. The lowest BCUT2D eigenvalue weighted by atomic mass is 10.0. The van der Waals surface area contributed by atoms with Crippen molar-refractivity contribution in [2.75, 3.05) is 6.54 Å². The first-order chi connectivity index (χ1) is 7.49. The van der Waals surface area contributed by atoms with Crippen molar-refractivity contribution in [1.82, 2.24) is 9.78 Å². The van der Waals surface area contributed by atoms with Gasteiger partial charge in [-0.25, -0.2) is 0 Å². The minimum atomic E-state index is -1.11. The number of hydrogen-bond donors (Lipinski definition) is 2. The molecule has 0 aliphatic rings. The van der Waals surface area contributed by atoms with Gasteiger partial charge in [-0.05, 0) is 19.4 Å². The van der Waals surface area contributed by atoms with Gasteiger partial charge in [-0.15, -0.1) is 0 Å². The van der Waals surface area contributed by atoms with Crippen LogP contribution >= 0.6 is 0 Å². The zero-order chi connectivity index (χ0) is 12.3. The fourth-order valence-electron chi connectivity index (χ4n) is 1.63. The zero-order valence-electron chi connectivity index (χ0n) is 9.49. The molecule has 1 aromatic rings. The van der Waals surface area contributed by atoms with Crippen LogP contribution in [0.3, 0.4) is 0 Å². The summed E-state index contributed by atoms with van der Waals surface area (Å²) in [5, 5.41) is 26.9. The maximum Gasteiger partial charge on any atom is 0.109 e. The highest BCUT2D eigenvalue weighted by atomic mass is 16.3. The molecule has 0 aliphatic heterocycles. The molecular weight excluding hydrogens is 210 g/mol. The number of aliphatic hydroxyl groups is 2. The maximum absolute atomic E-state index is 9.90. The normalized spacial score (nSPS) is 14.3. The molecule has 0 bridgehead atoms. The Balaban J connectivity index is 2.95. The van der Waals surface area contributed by atoms with Crippen LogP contribution in [-0.4, -0.2) is 32.6 Å². The van der Waals surface area contributed by atoms with Crippen molar-refractivity contribution >= 4 is 0 Å². The molecule has 1 heterocycles. The standard InChI is InChI=1S/C9H15N5O2/c1-5-8(6(2)14(3)12-5)9(16)7(15)4-11-13-10/h7,9,15-16H,4H2,1-3H3. The van der Waals surface area contributed by atoms with Crippen molar-refractivity contribution in [2.24, 2.45) is 12.2 Å². The van der Waals surface area contributed by atoms with Crippen molar-refractivity contribution < 1.29 is 10.2 Å². The molecule has 1 aromatic heterocycles. The van der Waals surface area contributed by atoms with E-state index in [4.69, 9.17) is 5.53 Å². The van der Waals surface area contributed by atoms with Crippen LogP contribution in [0.1, 0.15) is 23.1 Å². The van der Waals surface area contributed by atoms with Gasteiger partial charge < -0.3 is 10.2 Å². The topological polar surface area (TPSA) is 107 Å². The molecule has 16 heavy (non-hydrogen) atoms. The van der Waals surface area contributed by atoms with Gasteiger partial charge >= 0.3 is 0 Å². The minimum Gasteiger partial charge on any atom is -0.390 e. The van der Waals surface area contributed by atoms with E-state index in [9.17, 15) is 10.2 Å². The number of aryl methyl sites for hydroxylation is 2. The van der Waals surface area contributed by atoms with Gasteiger partial charge in [-0.3, -0.25) is 4.68 Å². The number of hydrogen-bond acceptors (Lipinski definition) is 4. The summed E-state index contributed by atoms with van der Waals surface area (Å²) < 4.78 is 1.63. The quantitative estimate of drug-likeness (QED) is 0.448. The first-order valence-electron chi connectivity index (χ1n) is 4.86. The van der Waals surface area contributed by atoms with Crippen molar-refractivity contribution in [3.05, 3.63) is 27.4 Å². The van der Waals surface area contributed by atoms with Crippen molar-refractivity contribution in [2.45, 2.75) is 26.1 Å². The largest absolute Gasteiger partial charge is 0.390 e. The van der Waals surface area contributed by atoms with Crippen LogP contribution in [0.5, 0.6) is 0 Å². The molecule has 0 amide bonds. The lowest BCUT2D eigenvalue weighted by Gasteiger charge is -2.16. The first kappa shape index (κ1) is 12.5. The van der Waals surface area contributed by atoms with Crippen molar-refractivity contribution in [3.8, 4) is 0 Å². The third kappa shape index (κ3) is 2.33. The highest BCUT2D eigenvalue weighted by Crippen LogP contribution is 2.23. The molecule has 0 saturated heterocycles. The van der Waals surface area contributed by atoms with Crippen LogP contribution in [0.25, 0.3) is 10.4 Å². The lowest BCUT2D eigenvalue weighted by molar-refractivity contribution is 0.0236. The van der Waals surface area contributed by atoms with Gasteiger partial charge in [-0.2, -0.15) is 5.10 Å². The van der Waals surface area contributed by atoms with E-state index in [-0.39, 0.29) is 6.54 Å². The molecule has 2 atom stereocenters. The van der Waals surface area contributed by atoms with Gasteiger partial charge in [0, 0.05) is 23.2 Å². The molecule has 0 radical (unpaired) electrons. The highest BCUT2D eigenvalue weighted by molar-refractivity contribution is 5.27. The Bertz CT molecular complexity index is 422. The Kier molecular flexibility index (Phi) is 3.89. The first-order valence-corrected chi connectivity index (χ1v) is 4.86. The summed E-state index contributed by atoms with van der Waals surface area (Å²) in [5.74, 6) is 0. The van der Waals surface area contributed by atoms with Crippen molar-refractivity contribution in [1.29, 1.82) is 0 Å². The molecule has 1 rings (SSSR count). The summed E-state index contributed by atoms with van der Waals surface area (Å²) in [6, 6.07) is 0. The highest BCUT2D eigenvalue weighted by Gasteiger charge is 2.24. The van der Waals surface area contributed by atoms with E-state index in [0.717, 1.165) is 5.69 Å². The van der Waals surface area contributed by atoms with Crippen LogP contribution in [0.15, 0.2) is 5.11 Å². The Labute approximate surface area is 93.0 Å². The third-order valence-corrected chi connectivity index (χ3v) is 2.56. The van der Waals surface area contributed by atoms with Crippen LogP contribution in [0.4, 0.5) is 0 Å². The van der Waals surface area contributed by atoms with Gasteiger partial charge in [0.05, 0.1) is 18.3 Å². The minimum absolute atomic E-state index is 0.161. The lowest BCUT2D eigenvalue weighted by Crippen LogP contribution is -2.22. The van der Waals surface area contributed by atoms with Crippen LogP contribution < -0.4 is 0 Å². The van der Waals surface area contributed by atoms with Gasteiger partial charge in [-0.1, -0.05) is 5.11 Å².